The van der Waals surface area contributed by atoms with Crippen molar-refractivity contribution < 1.29 is 16.8 Å². The van der Waals surface area contributed by atoms with Crippen LogP contribution in [-0.4, -0.2) is 35.7 Å². The van der Waals surface area contributed by atoms with Crippen molar-refractivity contribution in [2.24, 2.45) is 5.73 Å². The lowest BCUT2D eigenvalue weighted by Gasteiger charge is -2.08. The van der Waals surface area contributed by atoms with Crippen molar-refractivity contribution in [1.29, 1.82) is 0 Å². The highest BCUT2D eigenvalue weighted by Crippen LogP contribution is 2.14. The van der Waals surface area contributed by atoms with E-state index < -0.39 is 19.9 Å². The summed E-state index contributed by atoms with van der Waals surface area (Å²) in [6.07, 6.45) is 1.60. The molecule has 0 aliphatic carbocycles. The molecule has 0 saturated carbocycles. The molecule has 0 heterocycles. The average molecular weight is 306 g/mol. The quantitative estimate of drug-likeness (QED) is 0.775. The van der Waals surface area contributed by atoms with Crippen LogP contribution in [0.4, 0.5) is 0 Å². The van der Waals surface area contributed by atoms with Gasteiger partial charge in [-0.1, -0.05) is 0 Å². The van der Waals surface area contributed by atoms with Gasteiger partial charge in [-0.2, -0.15) is 0 Å². The number of sulfonamides is 1. The molecule has 6 nitrogen and oxygen atoms in total. The summed E-state index contributed by atoms with van der Waals surface area (Å²) in [6.45, 7) is 2.03. The number of nitrogens with one attached hydrogen (secondary N) is 1. The Bertz CT molecular complexity index is 619. The molecule has 0 radical (unpaired) electrons. The average Bonchev–Trinajstić information content (AvgIpc) is 2.27. The lowest BCUT2D eigenvalue weighted by molar-refractivity contribution is 0.571. The summed E-state index contributed by atoms with van der Waals surface area (Å²) in [6, 6.07) is 5.00. The fourth-order valence-electron chi connectivity index (χ4n) is 1.37. The molecular weight excluding hydrogens is 288 g/mol. The summed E-state index contributed by atoms with van der Waals surface area (Å²) < 4.78 is 48.7. The lowest BCUT2D eigenvalue weighted by Crippen LogP contribution is -2.29. The number of hydrogen-bond acceptors (Lipinski definition) is 5. The predicted octanol–water partition coefficient (Wildman–Crippen LogP) is 0.106. The maximum Gasteiger partial charge on any atom is 0.240 e. The zero-order chi connectivity index (χ0) is 14.7. The fourth-order valence-corrected chi connectivity index (χ4v) is 3.05. The topological polar surface area (TPSA) is 106 Å². The summed E-state index contributed by atoms with van der Waals surface area (Å²) in [5.74, 6) is 0. The number of nitrogens with two attached hydrogens (primary N) is 1. The summed E-state index contributed by atoms with van der Waals surface area (Å²) in [5, 5.41) is 0. The van der Waals surface area contributed by atoms with Crippen molar-refractivity contribution in [3.8, 4) is 0 Å². The molecule has 1 unspecified atom stereocenters. The van der Waals surface area contributed by atoms with Gasteiger partial charge in [0, 0.05) is 18.8 Å². The van der Waals surface area contributed by atoms with Crippen LogP contribution in [0.5, 0.6) is 0 Å². The van der Waals surface area contributed by atoms with Crippen molar-refractivity contribution in [2.45, 2.75) is 29.2 Å². The highest BCUT2D eigenvalue weighted by atomic mass is 32.2. The zero-order valence-electron chi connectivity index (χ0n) is 10.8. The van der Waals surface area contributed by atoms with Crippen LogP contribution in [0.3, 0.4) is 0 Å². The Morgan fingerprint density at radius 1 is 1.11 bits per heavy atom. The van der Waals surface area contributed by atoms with E-state index in [1.165, 1.54) is 24.3 Å². The standard InChI is InChI=1S/C11H18N2O4S2/c1-9(12)7-8-13-19(16,17)11-5-3-10(4-6-11)18(2,14)15/h3-6,9,13H,7-8,12H2,1-2H3. The largest absolute Gasteiger partial charge is 0.328 e. The second kappa shape index (κ2) is 6.00. The Balaban J connectivity index is 2.85. The van der Waals surface area contributed by atoms with Gasteiger partial charge < -0.3 is 5.73 Å². The minimum absolute atomic E-state index is 0.0320. The molecule has 0 spiro atoms. The molecule has 0 amide bonds. The second-order valence-corrected chi connectivity index (χ2v) is 8.19. The van der Waals surface area contributed by atoms with Gasteiger partial charge in [-0.25, -0.2) is 21.6 Å². The normalized spacial score (nSPS) is 14.3. The summed E-state index contributed by atoms with van der Waals surface area (Å²) >= 11 is 0. The number of hydrogen-bond donors (Lipinski definition) is 2. The zero-order valence-corrected chi connectivity index (χ0v) is 12.5. The SMILES string of the molecule is CC(N)CCNS(=O)(=O)c1ccc(S(C)(=O)=O)cc1. The van der Waals surface area contributed by atoms with E-state index in [0.717, 1.165) is 6.26 Å². The molecule has 8 heteroatoms. The minimum atomic E-state index is -3.62. The third kappa shape index (κ3) is 4.90. The van der Waals surface area contributed by atoms with Crippen LogP contribution in [0.2, 0.25) is 0 Å². The van der Waals surface area contributed by atoms with Gasteiger partial charge in [-0.05, 0) is 37.6 Å². The van der Waals surface area contributed by atoms with Crippen LogP contribution in [0.25, 0.3) is 0 Å². The highest BCUT2D eigenvalue weighted by molar-refractivity contribution is 7.90. The Morgan fingerprint density at radius 2 is 1.58 bits per heavy atom. The maximum absolute atomic E-state index is 11.9. The fraction of sp³-hybridized carbons (Fsp3) is 0.455. The van der Waals surface area contributed by atoms with Crippen molar-refractivity contribution in [2.75, 3.05) is 12.8 Å². The van der Waals surface area contributed by atoms with E-state index in [9.17, 15) is 16.8 Å². The molecule has 19 heavy (non-hydrogen) atoms. The van der Waals surface area contributed by atoms with Gasteiger partial charge in [0.2, 0.25) is 10.0 Å². The van der Waals surface area contributed by atoms with E-state index in [0.29, 0.717) is 6.42 Å². The first-order valence-corrected chi connectivity index (χ1v) is 9.06. The predicted molar refractivity (Wildman–Crippen MR) is 73.0 cm³/mol. The number of benzene rings is 1. The molecule has 0 aromatic heterocycles. The molecule has 0 saturated heterocycles. The third-order valence-electron chi connectivity index (χ3n) is 2.45. The van der Waals surface area contributed by atoms with E-state index in [4.69, 9.17) is 5.73 Å². The van der Waals surface area contributed by atoms with E-state index in [1.54, 1.807) is 6.92 Å². The molecule has 1 aromatic carbocycles. The van der Waals surface area contributed by atoms with Gasteiger partial charge in [0.15, 0.2) is 9.84 Å². The van der Waals surface area contributed by atoms with Crippen molar-refractivity contribution >= 4 is 19.9 Å². The Hall–Kier alpha value is -0.960. The molecular formula is C11H18N2O4S2. The van der Waals surface area contributed by atoms with Gasteiger partial charge in [-0.3, -0.25) is 0 Å². The molecule has 0 aliphatic rings. The lowest BCUT2D eigenvalue weighted by atomic mass is 10.3. The van der Waals surface area contributed by atoms with Crippen molar-refractivity contribution in [3.05, 3.63) is 24.3 Å². The van der Waals surface area contributed by atoms with E-state index >= 15 is 0 Å². The van der Waals surface area contributed by atoms with Crippen LogP contribution >= 0.6 is 0 Å². The summed E-state index contributed by atoms with van der Waals surface area (Å²) in [5.41, 5.74) is 5.53. The van der Waals surface area contributed by atoms with Crippen LogP contribution in [0, 0.1) is 0 Å². The number of sulfone groups is 1. The van der Waals surface area contributed by atoms with E-state index in [-0.39, 0.29) is 22.4 Å². The van der Waals surface area contributed by atoms with Gasteiger partial charge >= 0.3 is 0 Å². The van der Waals surface area contributed by atoms with E-state index in [1.807, 2.05) is 0 Å². The van der Waals surface area contributed by atoms with Crippen LogP contribution in [0.15, 0.2) is 34.1 Å². The van der Waals surface area contributed by atoms with Crippen LogP contribution in [0.1, 0.15) is 13.3 Å². The molecule has 0 aliphatic heterocycles. The molecule has 1 rings (SSSR count). The second-order valence-electron chi connectivity index (χ2n) is 4.41. The first-order chi connectivity index (χ1) is 8.63. The molecule has 1 atom stereocenters. The monoisotopic (exact) mass is 306 g/mol. The smallest absolute Gasteiger partial charge is 0.240 e. The molecule has 108 valence electrons. The van der Waals surface area contributed by atoms with Crippen LogP contribution in [-0.2, 0) is 19.9 Å². The van der Waals surface area contributed by atoms with E-state index in [2.05, 4.69) is 4.72 Å². The summed E-state index contributed by atoms with van der Waals surface area (Å²) in [4.78, 5) is 0.117. The highest BCUT2D eigenvalue weighted by Gasteiger charge is 2.15. The molecule has 0 fully saturated rings. The minimum Gasteiger partial charge on any atom is -0.328 e. The van der Waals surface area contributed by atoms with Crippen molar-refractivity contribution in [1.82, 2.24) is 4.72 Å². The van der Waals surface area contributed by atoms with Gasteiger partial charge in [0.05, 0.1) is 9.79 Å². The first-order valence-electron chi connectivity index (χ1n) is 5.68. The first kappa shape index (κ1) is 16.1. The molecule has 3 N–H and O–H groups in total. The van der Waals surface area contributed by atoms with Crippen LogP contribution < -0.4 is 10.5 Å². The third-order valence-corrected chi connectivity index (χ3v) is 5.06. The van der Waals surface area contributed by atoms with Gasteiger partial charge in [-0.15, -0.1) is 0 Å². The summed E-state index contributed by atoms with van der Waals surface area (Å²) in [7, 11) is -6.94. The van der Waals surface area contributed by atoms with Gasteiger partial charge in [0.1, 0.15) is 0 Å². The Kier molecular flexibility index (Phi) is 5.08. The van der Waals surface area contributed by atoms with Crippen molar-refractivity contribution in [3.63, 3.8) is 0 Å². The molecule has 0 bridgehead atoms. The Morgan fingerprint density at radius 3 is 2.00 bits per heavy atom. The maximum atomic E-state index is 11.9. The van der Waals surface area contributed by atoms with Gasteiger partial charge in [0.25, 0.3) is 0 Å². The Labute approximate surface area is 114 Å². The molecule has 1 aromatic rings. The number of rotatable bonds is 6.